The summed E-state index contributed by atoms with van der Waals surface area (Å²) in [5.41, 5.74) is 4.45. The topological polar surface area (TPSA) is 68.8 Å². The summed E-state index contributed by atoms with van der Waals surface area (Å²) in [5, 5.41) is 7.47. The summed E-state index contributed by atoms with van der Waals surface area (Å²) < 4.78 is 0. The van der Waals surface area contributed by atoms with Gasteiger partial charge in [-0.05, 0) is 29.3 Å². The van der Waals surface area contributed by atoms with Crippen molar-refractivity contribution in [2.75, 3.05) is 6.54 Å². The van der Waals surface area contributed by atoms with Gasteiger partial charge in [0, 0.05) is 28.6 Å². The van der Waals surface area contributed by atoms with E-state index in [1.54, 1.807) is 23.1 Å². The highest BCUT2D eigenvalue weighted by atomic mass is 35.5. The van der Waals surface area contributed by atoms with Crippen molar-refractivity contribution in [2.24, 2.45) is 5.10 Å². The first kappa shape index (κ1) is 21.9. The van der Waals surface area contributed by atoms with Crippen LogP contribution in [0.1, 0.15) is 28.4 Å². The molecule has 3 heterocycles. The number of halogens is 2. The number of carbonyl (C=O) groups is 2. The van der Waals surface area contributed by atoms with Crippen molar-refractivity contribution >= 4 is 52.1 Å². The Hall–Kier alpha value is -3.61. The second kappa shape index (κ2) is 8.56. The average molecular weight is 503 g/mol. The normalized spacial score (nSPS) is 19.9. The smallest absolute Gasteiger partial charge is 0.266 e. The van der Waals surface area contributed by atoms with E-state index in [-0.39, 0.29) is 18.4 Å². The van der Waals surface area contributed by atoms with E-state index in [0.29, 0.717) is 22.0 Å². The molecule has 0 spiro atoms. The Morgan fingerprint density at radius 1 is 0.914 bits per heavy atom. The number of aromatic amines is 1. The average Bonchev–Trinajstić information content (AvgIpc) is 3.24. The summed E-state index contributed by atoms with van der Waals surface area (Å²) >= 11 is 12.5. The van der Waals surface area contributed by atoms with Crippen molar-refractivity contribution in [1.82, 2.24) is 14.9 Å². The molecular formula is C27H20Cl2N4O2. The number of benzene rings is 3. The fourth-order valence-electron chi connectivity index (χ4n) is 5.09. The second-order valence-corrected chi connectivity index (χ2v) is 9.49. The number of carbonyl (C=O) groups excluding carboxylic acids is 2. The van der Waals surface area contributed by atoms with Crippen molar-refractivity contribution in [3.63, 3.8) is 0 Å². The number of aromatic nitrogens is 1. The molecule has 8 heteroatoms. The lowest BCUT2D eigenvalue weighted by Gasteiger charge is -2.45. The number of H-pyrrole nitrogens is 1. The zero-order chi connectivity index (χ0) is 24.1. The minimum absolute atomic E-state index is 0.160. The fourth-order valence-corrected chi connectivity index (χ4v) is 5.59. The van der Waals surface area contributed by atoms with Crippen LogP contribution in [0.4, 0.5) is 0 Å². The number of fused-ring (bicyclic) bond motifs is 4. The van der Waals surface area contributed by atoms with Gasteiger partial charge >= 0.3 is 0 Å². The van der Waals surface area contributed by atoms with Gasteiger partial charge in [0.1, 0.15) is 12.6 Å². The molecular weight excluding hydrogens is 483 g/mol. The Labute approximate surface area is 211 Å². The molecule has 0 aliphatic carbocycles. The van der Waals surface area contributed by atoms with Crippen molar-refractivity contribution < 1.29 is 9.59 Å². The monoisotopic (exact) mass is 502 g/mol. The summed E-state index contributed by atoms with van der Waals surface area (Å²) in [4.78, 5) is 32.5. The Bertz CT molecular complexity index is 1480. The lowest BCUT2D eigenvalue weighted by atomic mass is 9.86. The van der Waals surface area contributed by atoms with E-state index < -0.39 is 12.1 Å². The Morgan fingerprint density at radius 2 is 1.63 bits per heavy atom. The van der Waals surface area contributed by atoms with E-state index >= 15 is 0 Å². The Balaban J connectivity index is 1.43. The van der Waals surface area contributed by atoms with Crippen LogP contribution in [0, 0.1) is 0 Å². The predicted molar refractivity (Wildman–Crippen MR) is 137 cm³/mol. The van der Waals surface area contributed by atoms with Crippen molar-refractivity contribution in [1.29, 1.82) is 0 Å². The number of rotatable bonds is 3. The third kappa shape index (κ3) is 3.61. The molecule has 1 N–H and O–H groups in total. The molecule has 2 atom stereocenters. The maximum Gasteiger partial charge on any atom is 0.266 e. The Morgan fingerprint density at radius 3 is 2.40 bits per heavy atom. The van der Waals surface area contributed by atoms with Crippen LogP contribution in [-0.4, -0.2) is 45.5 Å². The van der Waals surface area contributed by atoms with Crippen LogP contribution in [0.5, 0.6) is 0 Å². The number of para-hydroxylation sites is 1. The van der Waals surface area contributed by atoms with Crippen LogP contribution < -0.4 is 0 Å². The number of hydrazone groups is 1. The van der Waals surface area contributed by atoms with Gasteiger partial charge in [-0.3, -0.25) is 9.59 Å². The minimum Gasteiger partial charge on any atom is -0.356 e. The molecule has 174 valence electrons. The van der Waals surface area contributed by atoms with Crippen molar-refractivity contribution in [2.45, 2.75) is 18.5 Å². The van der Waals surface area contributed by atoms with Crippen LogP contribution in [0.25, 0.3) is 10.9 Å². The summed E-state index contributed by atoms with van der Waals surface area (Å²) in [5.74, 6) is -0.406. The van der Waals surface area contributed by atoms with Crippen LogP contribution in [-0.2, 0) is 16.0 Å². The van der Waals surface area contributed by atoms with Crippen LogP contribution in [0.3, 0.4) is 0 Å². The molecule has 2 aliphatic heterocycles. The molecule has 2 amide bonds. The van der Waals surface area contributed by atoms with Gasteiger partial charge in [-0.2, -0.15) is 5.10 Å². The number of nitrogens with one attached hydrogen (secondary N) is 1. The largest absolute Gasteiger partial charge is 0.356 e. The van der Waals surface area contributed by atoms with Crippen molar-refractivity contribution in [3.8, 4) is 0 Å². The predicted octanol–water partition coefficient (Wildman–Crippen LogP) is 5.19. The number of nitrogens with zero attached hydrogens (tertiary/aromatic N) is 3. The zero-order valence-electron chi connectivity index (χ0n) is 18.5. The fraction of sp³-hybridized carbons (Fsp3) is 0.148. The molecule has 3 aromatic carbocycles. The van der Waals surface area contributed by atoms with E-state index in [9.17, 15) is 9.59 Å². The summed E-state index contributed by atoms with van der Waals surface area (Å²) in [6.45, 7) is -0.160. The van der Waals surface area contributed by atoms with Crippen molar-refractivity contribution in [3.05, 3.63) is 105 Å². The molecule has 0 radical (unpaired) electrons. The molecule has 0 saturated carbocycles. The van der Waals surface area contributed by atoms with E-state index in [4.69, 9.17) is 23.2 Å². The highest BCUT2D eigenvalue weighted by molar-refractivity contribution is 6.38. The number of hydrogen-bond donors (Lipinski definition) is 1. The lowest BCUT2D eigenvalue weighted by Crippen LogP contribution is -2.61. The van der Waals surface area contributed by atoms with Gasteiger partial charge in [0.25, 0.3) is 5.91 Å². The second-order valence-electron chi connectivity index (χ2n) is 8.67. The van der Waals surface area contributed by atoms with E-state index in [1.807, 2.05) is 54.6 Å². The lowest BCUT2D eigenvalue weighted by molar-refractivity contribution is -0.158. The first-order valence-electron chi connectivity index (χ1n) is 11.3. The highest BCUT2D eigenvalue weighted by Crippen LogP contribution is 2.42. The molecule has 6 nitrogen and oxygen atoms in total. The molecule has 0 unspecified atom stereocenters. The van der Waals surface area contributed by atoms with Crippen LogP contribution >= 0.6 is 23.2 Å². The first-order chi connectivity index (χ1) is 17.0. The summed E-state index contributed by atoms with van der Waals surface area (Å²) in [7, 11) is 0. The first-order valence-corrected chi connectivity index (χ1v) is 12.0. The quantitative estimate of drug-likeness (QED) is 0.391. The van der Waals surface area contributed by atoms with Gasteiger partial charge < -0.3 is 9.88 Å². The maximum absolute atomic E-state index is 13.7. The van der Waals surface area contributed by atoms with Gasteiger partial charge in [0.2, 0.25) is 5.91 Å². The summed E-state index contributed by atoms with van der Waals surface area (Å²) in [6.07, 6.45) is 1.85. The molecule has 0 bridgehead atoms. The number of piperazine rings is 1. The third-order valence-electron chi connectivity index (χ3n) is 6.69. The number of hydrogen-bond acceptors (Lipinski definition) is 3. The molecule has 2 aliphatic rings. The van der Waals surface area contributed by atoms with Gasteiger partial charge in [0.15, 0.2) is 0 Å². The molecule has 1 fully saturated rings. The van der Waals surface area contributed by atoms with Gasteiger partial charge in [0.05, 0.1) is 22.3 Å². The molecule has 1 aromatic heterocycles. The molecule has 4 aromatic rings. The van der Waals surface area contributed by atoms with Crippen LogP contribution in [0.15, 0.2) is 77.9 Å². The standard InChI is InChI=1S/C27H20Cl2N4O2/c28-20-10-6-11-21(29)19(20)14-30-32-15-24(34)33-23(27(32)35)13-18-17-9-4-5-12-22(17)31-25(18)26(33)16-7-2-1-3-8-16/h1-12,14,23,26,31H,13,15H2/b30-14-/t23-,26+/m0/s1. The zero-order valence-corrected chi connectivity index (χ0v) is 20.0. The third-order valence-corrected chi connectivity index (χ3v) is 7.34. The van der Waals surface area contributed by atoms with Gasteiger partial charge in [-0.1, -0.05) is 77.8 Å². The minimum atomic E-state index is -0.674. The SMILES string of the molecule is O=C1[C@@H]2Cc3c([nH]c4ccccc34)[C@@H](c3ccccc3)N2C(=O)CN1/N=C\c1c(Cl)cccc1Cl. The Kier molecular flexibility index (Phi) is 5.35. The maximum atomic E-state index is 13.7. The molecule has 6 rings (SSSR count). The van der Waals surface area contributed by atoms with Gasteiger partial charge in [-0.15, -0.1) is 0 Å². The van der Waals surface area contributed by atoms with Gasteiger partial charge in [-0.25, -0.2) is 5.01 Å². The molecule has 1 saturated heterocycles. The summed E-state index contributed by atoms with van der Waals surface area (Å²) in [6, 6.07) is 21.9. The number of amides is 2. The highest BCUT2D eigenvalue weighted by Gasteiger charge is 2.48. The molecule has 35 heavy (non-hydrogen) atoms. The van der Waals surface area contributed by atoms with Crippen LogP contribution in [0.2, 0.25) is 10.0 Å². The van der Waals surface area contributed by atoms with E-state index in [2.05, 4.69) is 10.1 Å². The van der Waals surface area contributed by atoms with E-state index in [0.717, 1.165) is 27.7 Å². The van der Waals surface area contributed by atoms with E-state index in [1.165, 1.54) is 11.2 Å².